The van der Waals surface area contributed by atoms with E-state index in [1.54, 1.807) is 12.4 Å². The zero-order chi connectivity index (χ0) is 14.4. The van der Waals surface area contributed by atoms with Gasteiger partial charge in [-0.1, -0.05) is 6.92 Å². The Labute approximate surface area is 120 Å². The van der Waals surface area contributed by atoms with E-state index in [1.165, 1.54) is 0 Å². The molecule has 1 aliphatic rings. The summed E-state index contributed by atoms with van der Waals surface area (Å²) in [7, 11) is 0. The number of piperidine rings is 1. The van der Waals surface area contributed by atoms with Crippen LogP contribution in [0.25, 0.3) is 0 Å². The van der Waals surface area contributed by atoms with Gasteiger partial charge in [0.25, 0.3) is 0 Å². The lowest BCUT2D eigenvalue weighted by Crippen LogP contribution is -2.45. The van der Waals surface area contributed by atoms with Gasteiger partial charge in [0, 0.05) is 32.1 Å². The summed E-state index contributed by atoms with van der Waals surface area (Å²) >= 11 is 0. The van der Waals surface area contributed by atoms with E-state index in [4.69, 9.17) is 5.11 Å². The second kappa shape index (κ2) is 7.24. The van der Waals surface area contributed by atoms with Crippen LogP contribution in [0.4, 0.5) is 4.79 Å². The highest BCUT2D eigenvalue weighted by Crippen LogP contribution is 2.19. The maximum absolute atomic E-state index is 12.3. The standard InChI is InChI=1S/C15H23N3O2/c1-2-14(13-3-7-16-8-4-13)17-15(20)18-9-5-12(11-19)6-10-18/h3-4,7-8,12,14,19H,2,5-6,9-11H2,1H3,(H,17,20). The lowest BCUT2D eigenvalue weighted by molar-refractivity contribution is 0.135. The van der Waals surface area contributed by atoms with Gasteiger partial charge in [-0.05, 0) is 42.9 Å². The topological polar surface area (TPSA) is 65.5 Å². The van der Waals surface area contributed by atoms with Gasteiger partial charge in [0.1, 0.15) is 0 Å². The minimum Gasteiger partial charge on any atom is -0.396 e. The van der Waals surface area contributed by atoms with Crippen LogP contribution in [-0.2, 0) is 0 Å². The Bertz CT molecular complexity index is 416. The Hall–Kier alpha value is -1.62. The Morgan fingerprint density at radius 1 is 1.45 bits per heavy atom. The first-order chi connectivity index (χ1) is 9.74. The summed E-state index contributed by atoms with van der Waals surface area (Å²) in [4.78, 5) is 18.1. The Kier molecular flexibility index (Phi) is 5.35. The van der Waals surface area contributed by atoms with Gasteiger partial charge in [-0.2, -0.15) is 0 Å². The lowest BCUT2D eigenvalue weighted by Gasteiger charge is -2.32. The average Bonchev–Trinajstić information content (AvgIpc) is 2.53. The molecule has 1 fully saturated rings. The maximum atomic E-state index is 12.3. The van der Waals surface area contributed by atoms with Crippen LogP contribution >= 0.6 is 0 Å². The third-order valence-electron chi connectivity index (χ3n) is 3.97. The first kappa shape index (κ1) is 14.8. The molecule has 5 heteroatoms. The predicted octanol–water partition coefficient (Wildman–Crippen LogP) is 1.95. The van der Waals surface area contributed by atoms with E-state index in [0.717, 1.165) is 37.9 Å². The van der Waals surface area contributed by atoms with Gasteiger partial charge in [0.05, 0.1) is 6.04 Å². The van der Waals surface area contributed by atoms with Crippen molar-refractivity contribution in [1.82, 2.24) is 15.2 Å². The zero-order valence-electron chi connectivity index (χ0n) is 12.0. The molecule has 110 valence electrons. The summed E-state index contributed by atoms with van der Waals surface area (Å²) in [6, 6.07) is 3.89. The number of nitrogens with one attached hydrogen (secondary N) is 1. The van der Waals surface area contributed by atoms with E-state index < -0.39 is 0 Å². The Morgan fingerprint density at radius 3 is 2.65 bits per heavy atom. The number of urea groups is 1. The van der Waals surface area contributed by atoms with E-state index in [1.807, 2.05) is 17.0 Å². The predicted molar refractivity (Wildman–Crippen MR) is 77.2 cm³/mol. The molecule has 0 aromatic carbocycles. The fourth-order valence-corrected chi connectivity index (χ4v) is 2.58. The van der Waals surface area contributed by atoms with E-state index in [9.17, 15) is 4.79 Å². The van der Waals surface area contributed by atoms with Gasteiger partial charge in [-0.15, -0.1) is 0 Å². The van der Waals surface area contributed by atoms with Gasteiger partial charge in [0.2, 0.25) is 0 Å². The monoisotopic (exact) mass is 277 g/mol. The average molecular weight is 277 g/mol. The quantitative estimate of drug-likeness (QED) is 0.884. The number of amides is 2. The molecular formula is C15H23N3O2. The highest BCUT2D eigenvalue weighted by atomic mass is 16.3. The van der Waals surface area contributed by atoms with Crippen molar-refractivity contribution >= 4 is 6.03 Å². The van der Waals surface area contributed by atoms with Crippen molar-refractivity contribution in [3.05, 3.63) is 30.1 Å². The van der Waals surface area contributed by atoms with Crippen LogP contribution in [0, 0.1) is 5.92 Å². The molecule has 2 heterocycles. The minimum atomic E-state index is -0.00921. The van der Waals surface area contributed by atoms with E-state index in [2.05, 4.69) is 17.2 Å². The number of hydrogen-bond donors (Lipinski definition) is 2. The molecule has 0 aliphatic carbocycles. The molecule has 1 aromatic rings. The molecular weight excluding hydrogens is 254 g/mol. The molecule has 20 heavy (non-hydrogen) atoms. The van der Waals surface area contributed by atoms with Crippen LogP contribution < -0.4 is 5.32 Å². The summed E-state index contributed by atoms with van der Waals surface area (Å²) in [6.45, 7) is 3.74. The third kappa shape index (κ3) is 3.70. The van der Waals surface area contributed by atoms with E-state index in [-0.39, 0.29) is 18.7 Å². The number of pyridine rings is 1. The van der Waals surface area contributed by atoms with Crippen LogP contribution in [0.5, 0.6) is 0 Å². The van der Waals surface area contributed by atoms with Crippen molar-refractivity contribution < 1.29 is 9.90 Å². The van der Waals surface area contributed by atoms with Crippen LogP contribution in [0.1, 0.15) is 37.8 Å². The molecule has 5 nitrogen and oxygen atoms in total. The number of carbonyl (C=O) groups excluding carboxylic acids is 1. The van der Waals surface area contributed by atoms with Crippen LogP contribution in [0.3, 0.4) is 0 Å². The van der Waals surface area contributed by atoms with E-state index in [0.29, 0.717) is 5.92 Å². The second-order valence-corrected chi connectivity index (χ2v) is 5.30. The van der Waals surface area contributed by atoms with Crippen molar-refractivity contribution in [2.24, 2.45) is 5.92 Å². The number of aliphatic hydroxyl groups excluding tert-OH is 1. The number of aromatic nitrogens is 1. The largest absolute Gasteiger partial charge is 0.396 e. The first-order valence-electron chi connectivity index (χ1n) is 7.30. The van der Waals surface area contributed by atoms with Gasteiger partial charge in [-0.25, -0.2) is 4.79 Å². The number of rotatable bonds is 4. The fraction of sp³-hybridized carbons (Fsp3) is 0.600. The van der Waals surface area contributed by atoms with E-state index >= 15 is 0 Å². The lowest BCUT2D eigenvalue weighted by atomic mass is 9.98. The van der Waals surface area contributed by atoms with Crippen molar-refractivity contribution in [3.63, 3.8) is 0 Å². The van der Waals surface area contributed by atoms with Crippen molar-refractivity contribution in [3.8, 4) is 0 Å². The molecule has 2 rings (SSSR count). The Morgan fingerprint density at radius 2 is 2.10 bits per heavy atom. The number of aliphatic hydroxyl groups is 1. The van der Waals surface area contributed by atoms with Crippen molar-refractivity contribution in [2.45, 2.75) is 32.2 Å². The molecule has 0 saturated carbocycles. The van der Waals surface area contributed by atoms with Gasteiger partial charge < -0.3 is 15.3 Å². The molecule has 1 aromatic heterocycles. The normalized spacial score (nSPS) is 17.8. The first-order valence-corrected chi connectivity index (χ1v) is 7.30. The minimum absolute atomic E-state index is 0.00921. The summed E-state index contributed by atoms with van der Waals surface area (Å²) in [5.74, 6) is 0.348. The van der Waals surface area contributed by atoms with Crippen molar-refractivity contribution in [2.75, 3.05) is 19.7 Å². The van der Waals surface area contributed by atoms with Crippen LogP contribution in [0.15, 0.2) is 24.5 Å². The van der Waals surface area contributed by atoms with Crippen LogP contribution in [-0.4, -0.2) is 40.7 Å². The molecule has 0 radical (unpaired) electrons. The summed E-state index contributed by atoms with van der Waals surface area (Å²) in [6.07, 6.45) is 6.11. The number of likely N-dealkylation sites (tertiary alicyclic amines) is 1. The molecule has 2 N–H and O–H groups in total. The fourth-order valence-electron chi connectivity index (χ4n) is 2.58. The smallest absolute Gasteiger partial charge is 0.317 e. The molecule has 1 unspecified atom stereocenters. The number of carbonyl (C=O) groups is 1. The molecule has 0 spiro atoms. The summed E-state index contributed by atoms with van der Waals surface area (Å²) < 4.78 is 0. The highest BCUT2D eigenvalue weighted by molar-refractivity contribution is 5.74. The molecule has 2 amide bonds. The third-order valence-corrected chi connectivity index (χ3v) is 3.97. The summed E-state index contributed by atoms with van der Waals surface area (Å²) in [5.41, 5.74) is 1.08. The van der Waals surface area contributed by atoms with Gasteiger partial charge in [0.15, 0.2) is 0 Å². The van der Waals surface area contributed by atoms with Crippen molar-refractivity contribution in [1.29, 1.82) is 0 Å². The number of nitrogens with zero attached hydrogens (tertiary/aromatic N) is 2. The molecule has 1 aliphatic heterocycles. The highest BCUT2D eigenvalue weighted by Gasteiger charge is 2.23. The SMILES string of the molecule is CCC(NC(=O)N1CCC(CO)CC1)c1ccncc1. The molecule has 1 saturated heterocycles. The number of hydrogen-bond acceptors (Lipinski definition) is 3. The van der Waals surface area contributed by atoms with Gasteiger partial charge >= 0.3 is 6.03 Å². The second-order valence-electron chi connectivity index (χ2n) is 5.30. The summed E-state index contributed by atoms with van der Waals surface area (Å²) in [5, 5.41) is 12.2. The zero-order valence-corrected chi connectivity index (χ0v) is 12.0. The Balaban J connectivity index is 1.90. The molecule has 1 atom stereocenters. The maximum Gasteiger partial charge on any atom is 0.317 e. The van der Waals surface area contributed by atoms with Crippen LogP contribution in [0.2, 0.25) is 0 Å². The van der Waals surface area contributed by atoms with Gasteiger partial charge in [-0.3, -0.25) is 4.98 Å². The molecule has 0 bridgehead atoms.